The highest BCUT2D eigenvalue weighted by molar-refractivity contribution is 5.67. The Labute approximate surface area is 86.7 Å². The molecule has 0 heterocycles. The lowest BCUT2D eigenvalue weighted by Gasteiger charge is -2.31. The summed E-state index contributed by atoms with van der Waals surface area (Å²) in [4.78, 5) is 10.5. The van der Waals surface area contributed by atoms with Gasteiger partial charge in [0, 0.05) is 6.42 Å². The van der Waals surface area contributed by atoms with E-state index in [1.165, 1.54) is 19.3 Å². The van der Waals surface area contributed by atoms with Crippen molar-refractivity contribution in [3.8, 4) is 0 Å². The third kappa shape index (κ3) is 3.32. The van der Waals surface area contributed by atoms with Crippen molar-refractivity contribution in [1.29, 1.82) is 0 Å². The van der Waals surface area contributed by atoms with E-state index in [-0.39, 0.29) is 0 Å². The summed E-state index contributed by atoms with van der Waals surface area (Å²) in [6.07, 6.45) is 6.38. The Morgan fingerprint density at radius 2 is 1.93 bits per heavy atom. The van der Waals surface area contributed by atoms with E-state index in [1.54, 1.807) is 0 Å². The summed E-state index contributed by atoms with van der Waals surface area (Å²) in [6.45, 7) is 4.57. The third-order valence-corrected chi connectivity index (χ3v) is 3.80. The molecule has 2 nitrogen and oxygen atoms in total. The van der Waals surface area contributed by atoms with Crippen molar-refractivity contribution >= 4 is 5.97 Å². The summed E-state index contributed by atoms with van der Waals surface area (Å²) in [5, 5.41) is 8.69. The average molecular weight is 198 g/mol. The topological polar surface area (TPSA) is 37.3 Å². The van der Waals surface area contributed by atoms with Crippen molar-refractivity contribution in [1.82, 2.24) is 0 Å². The number of carboxylic acids is 1. The SMILES string of the molecule is CCC(C)C1CCC(CC(=O)O)CC1. The van der Waals surface area contributed by atoms with Gasteiger partial charge >= 0.3 is 5.97 Å². The minimum absolute atomic E-state index is 0.382. The first kappa shape index (κ1) is 11.5. The summed E-state index contributed by atoms with van der Waals surface area (Å²) < 4.78 is 0. The molecule has 0 amide bonds. The van der Waals surface area contributed by atoms with Crippen LogP contribution in [0.25, 0.3) is 0 Å². The molecule has 14 heavy (non-hydrogen) atoms. The number of carbonyl (C=O) groups is 1. The van der Waals surface area contributed by atoms with Gasteiger partial charge < -0.3 is 5.11 Å². The van der Waals surface area contributed by atoms with Crippen LogP contribution in [-0.2, 0) is 4.79 Å². The molecular formula is C12H22O2. The van der Waals surface area contributed by atoms with Gasteiger partial charge in [-0.25, -0.2) is 0 Å². The fraction of sp³-hybridized carbons (Fsp3) is 0.917. The van der Waals surface area contributed by atoms with Gasteiger partial charge in [0.15, 0.2) is 0 Å². The zero-order valence-corrected chi connectivity index (χ0v) is 9.33. The summed E-state index contributed by atoms with van der Waals surface area (Å²) in [5.74, 6) is 1.50. The second-order valence-corrected chi connectivity index (χ2v) is 4.76. The highest BCUT2D eigenvalue weighted by Crippen LogP contribution is 2.35. The number of hydrogen-bond donors (Lipinski definition) is 1. The first-order chi connectivity index (χ1) is 6.63. The Kier molecular flexibility index (Phi) is 4.43. The number of rotatable bonds is 4. The smallest absolute Gasteiger partial charge is 0.303 e. The first-order valence-electron chi connectivity index (χ1n) is 5.85. The Bertz CT molecular complexity index is 181. The van der Waals surface area contributed by atoms with Gasteiger partial charge in [0.1, 0.15) is 0 Å². The lowest BCUT2D eigenvalue weighted by Crippen LogP contribution is -2.21. The molecule has 1 aliphatic carbocycles. The van der Waals surface area contributed by atoms with Crippen LogP contribution in [0.4, 0.5) is 0 Å². The van der Waals surface area contributed by atoms with Crippen LogP contribution in [0.1, 0.15) is 52.4 Å². The molecule has 1 fully saturated rings. The molecule has 0 aromatic heterocycles. The Morgan fingerprint density at radius 3 is 2.36 bits per heavy atom. The summed E-state index contributed by atoms with van der Waals surface area (Å²) in [7, 11) is 0. The fourth-order valence-corrected chi connectivity index (χ4v) is 2.54. The van der Waals surface area contributed by atoms with Crippen molar-refractivity contribution in [3.63, 3.8) is 0 Å². The Balaban J connectivity index is 2.27. The van der Waals surface area contributed by atoms with Crippen molar-refractivity contribution in [3.05, 3.63) is 0 Å². The van der Waals surface area contributed by atoms with E-state index in [0.717, 1.165) is 24.7 Å². The van der Waals surface area contributed by atoms with Gasteiger partial charge in [-0.2, -0.15) is 0 Å². The molecule has 1 rings (SSSR count). The van der Waals surface area contributed by atoms with Gasteiger partial charge in [0.05, 0.1) is 0 Å². The van der Waals surface area contributed by atoms with E-state index < -0.39 is 5.97 Å². The van der Waals surface area contributed by atoms with Crippen molar-refractivity contribution in [2.75, 3.05) is 0 Å². The van der Waals surface area contributed by atoms with Crippen LogP contribution in [0.15, 0.2) is 0 Å². The normalized spacial score (nSPS) is 29.9. The van der Waals surface area contributed by atoms with Crippen LogP contribution in [0, 0.1) is 17.8 Å². The van der Waals surface area contributed by atoms with Crippen LogP contribution < -0.4 is 0 Å². The predicted molar refractivity (Wildman–Crippen MR) is 57.2 cm³/mol. The van der Waals surface area contributed by atoms with Crippen LogP contribution in [-0.4, -0.2) is 11.1 Å². The van der Waals surface area contributed by atoms with Crippen LogP contribution in [0.5, 0.6) is 0 Å². The van der Waals surface area contributed by atoms with Gasteiger partial charge in [-0.05, 0) is 43.4 Å². The Morgan fingerprint density at radius 1 is 1.36 bits per heavy atom. The molecule has 0 spiro atoms. The van der Waals surface area contributed by atoms with E-state index in [1.807, 2.05) is 0 Å². The van der Waals surface area contributed by atoms with E-state index >= 15 is 0 Å². The van der Waals surface area contributed by atoms with E-state index in [9.17, 15) is 4.79 Å². The fourth-order valence-electron chi connectivity index (χ4n) is 2.54. The van der Waals surface area contributed by atoms with Crippen LogP contribution in [0.2, 0.25) is 0 Å². The number of carboxylic acid groups (broad SMARTS) is 1. The molecule has 0 aromatic carbocycles. The maximum Gasteiger partial charge on any atom is 0.303 e. The highest BCUT2D eigenvalue weighted by atomic mass is 16.4. The standard InChI is InChI=1S/C12H22O2/c1-3-9(2)11-6-4-10(5-7-11)8-12(13)14/h9-11H,3-8H2,1-2H3,(H,13,14). The lowest BCUT2D eigenvalue weighted by molar-refractivity contribution is -0.138. The maximum atomic E-state index is 10.5. The molecule has 0 saturated heterocycles. The van der Waals surface area contributed by atoms with Crippen LogP contribution in [0.3, 0.4) is 0 Å². The van der Waals surface area contributed by atoms with Gasteiger partial charge in [0.2, 0.25) is 0 Å². The lowest BCUT2D eigenvalue weighted by atomic mass is 9.75. The number of hydrogen-bond acceptors (Lipinski definition) is 1. The maximum absolute atomic E-state index is 10.5. The molecule has 0 aliphatic heterocycles. The van der Waals surface area contributed by atoms with Gasteiger partial charge in [-0.3, -0.25) is 4.79 Å². The molecule has 0 bridgehead atoms. The zero-order valence-electron chi connectivity index (χ0n) is 9.33. The quantitative estimate of drug-likeness (QED) is 0.752. The monoisotopic (exact) mass is 198 g/mol. The molecule has 1 N–H and O–H groups in total. The molecule has 1 saturated carbocycles. The van der Waals surface area contributed by atoms with Crippen molar-refractivity contribution in [2.45, 2.75) is 52.4 Å². The molecule has 0 radical (unpaired) electrons. The molecule has 1 unspecified atom stereocenters. The zero-order chi connectivity index (χ0) is 10.6. The van der Waals surface area contributed by atoms with Gasteiger partial charge in [-0.15, -0.1) is 0 Å². The largest absolute Gasteiger partial charge is 0.481 e. The molecule has 82 valence electrons. The second-order valence-electron chi connectivity index (χ2n) is 4.76. The molecule has 1 atom stereocenters. The number of aliphatic carboxylic acids is 1. The van der Waals surface area contributed by atoms with E-state index in [2.05, 4.69) is 13.8 Å². The predicted octanol–water partition coefficient (Wildman–Crippen LogP) is 3.31. The van der Waals surface area contributed by atoms with Gasteiger partial charge in [-0.1, -0.05) is 20.3 Å². The minimum atomic E-state index is -0.628. The summed E-state index contributed by atoms with van der Waals surface area (Å²) >= 11 is 0. The minimum Gasteiger partial charge on any atom is -0.481 e. The molecule has 2 heteroatoms. The second kappa shape index (κ2) is 5.38. The Hall–Kier alpha value is -0.530. The van der Waals surface area contributed by atoms with E-state index in [0.29, 0.717) is 12.3 Å². The third-order valence-electron chi connectivity index (χ3n) is 3.80. The highest BCUT2D eigenvalue weighted by Gasteiger charge is 2.25. The summed E-state index contributed by atoms with van der Waals surface area (Å²) in [5.41, 5.74) is 0. The van der Waals surface area contributed by atoms with E-state index in [4.69, 9.17) is 5.11 Å². The van der Waals surface area contributed by atoms with Crippen molar-refractivity contribution < 1.29 is 9.90 Å². The molecule has 1 aliphatic rings. The average Bonchev–Trinajstić information content (AvgIpc) is 2.17. The van der Waals surface area contributed by atoms with Gasteiger partial charge in [0.25, 0.3) is 0 Å². The summed E-state index contributed by atoms with van der Waals surface area (Å²) in [6, 6.07) is 0. The van der Waals surface area contributed by atoms with Crippen molar-refractivity contribution in [2.24, 2.45) is 17.8 Å². The molecular weight excluding hydrogens is 176 g/mol. The first-order valence-corrected chi connectivity index (χ1v) is 5.85. The molecule has 0 aromatic rings. The van der Waals surface area contributed by atoms with Crippen LogP contribution >= 0.6 is 0 Å².